The summed E-state index contributed by atoms with van der Waals surface area (Å²) in [6.45, 7) is 4.02. The van der Waals surface area contributed by atoms with Crippen LogP contribution in [0.4, 0.5) is 8.78 Å². The van der Waals surface area contributed by atoms with E-state index in [2.05, 4.69) is 5.32 Å². The first-order valence-electron chi connectivity index (χ1n) is 4.75. The van der Waals surface area contributed by atoms with Crippen molar-refractivity contribution in [2.24, 2.45) is 0 Å². The lowest BCUT2D eigenvalue weighted by Crippen LogP contribution is -2.34. The van der Waals surface area contributed by atoms with Crippen LogP contribution < -0.4 is 5.32 Å². The lowest BCUT2D eigenvalue weighted by Gasteiger charge is -2.17. The van der Waals surface area contributed by atoms with E-state index in [1.165, 1.54) is 12.1 Å². The highest BCUT2D eigenvalue weighted by molar-refractivity contribution is 5.17. The first kappa shape index (κ1) is 12.1. The maximum atomic E-state index is 12.8. The smallest absolute Gasteiger partial charge is 0.126 e. The Bertz CT molecular complexity index is 314. The molecule has 0 saturated heterocycles. The Balaban J connectivity index is 2.51. The van der Waals surface area contributed by atoms with E-state index in [1.807, 2.05) is 0 Å². The molecule has 1 aromatic carbocycles. The van der Waals surface area contributed by atoms with Gasteiger partial charge in [0, 0.05) is 19.2 Å². The number of benzene rings is 1. The van der Waals surface area contributed by atoms with Crippen molar-refractivity contribution in [3.8, 4) is 0 Å². The fourth-order valence-corrected chi connectivity index (χ4v) is 1.23. The van der Waals surface area contributed by atoms with E-state index < -0.39 is 17.2 Å². The average molecular weight is 215 g/mol. The highest BCUT2D eigenvalue weighted by atomic mass is 19.1. The van der Waals surface area contributed by atoms with E-state index in [4.69, 9.17) is 0 Å². The van der Waals surface area contributed by atoms with Crippen LogP contribution in [0, 0.1) is 11.6 Å². The fraction of sp³-hybridized carbons (Fsp3) is 0.455. The number of rotatable bonds is 4. The molecular formula is C11H15F2NO. The Hall–Kier alpha value is -1.00. The molecule has 1 aromatic rings. The predicted molar refractivity (Wildman–Crippen MR) is 54.4 cm³/mol. The number of hydrogen-bond acceptors (Lipinski definition) is 2. The van der Waals surface area contributed by atoms with E-state index >= 15 is 0 Å². The first-order chi connectivity index (χ1) is 6.87. The van der Waals surface area contributed by atoms with Gasteiger partial charge in [0.1, 0.15) is 11.6 Å². The molecule has 0 atom stereocenters. The zero-order valence-electron chi connectivity index (χ0n) is 8.85. The number of nitrogens with one attached hydrogen (secondary N) is 1. The minimum Gasteiger partial charge on any atom is -0.389 e. The molecule has 84 valence electrons. The van der Waals surface area contributed by atoms with Crippen LogP contribution in [0.15, 0.2) is 18.2 Å². The van der Waals surface area contributed by atoms with Gasteiger partial charge in [-0.1, -0.05) is 0 Å². The molecule has 0 aliphatic carbocycles. The van der Waals surface area contributed by atoms with E-state index in [1.54, 1.807) is 13.8 Å². The molecule has 0 radical (unpaired) electrons. The largest absolute Gasteiger partial charge is 0.389 e. The lowest BCUT2D eigenvalue weighted by molar-refractivity contribution is 0.0795. The van der Waals surface area contributed by atoms with Gasteiger partial charge in [0.15, 0.2) is 0 Å². The van der Waals surface area contributed by atoms with Crippen molar-refractivity contribution >= 4 is 0 Å². The van der Waals surface area contributed by atoms with Crippen molar-refractivity contribution in [1.29, 1.82) is 0 Å². The molecule has 0 heterocycles. The second-order valence-corrected chi connectivity index (χ2v) is 4.19. The van der Waals surface area contributed by atoms with Gasteiger partial charge in [0.05, 0.1) is 5.60 Å². The minimum absolute atomic E-state index is 0.332. The van der Waals surface area contributed by atoms with E-state index in [0.29, 0.717) is 18.7 Å². The average Bonchev–Trinajstić information content (AvgIpc) is 1.99. The molecule has 0 saturated carbocycles. The molecule has 0 aromatic heterocycles. The van der Waals surface area contributed by atoms with Gasteiger partial charge in [-0.3, -0.25) is 0 Å². The summed E-state index contributed by atoms with van der Waals surface area (Å²) in [6, 6.07) is 3.36. The molecule has 4 heteroatoms. The highest BCUT2D eigenvalue weighted by Gasteiger charge is 2.11. The molecule has 0 spiro atoms. The van der Waals surface area contributed by atoms with Gasteiger partial charge in [-0.2, -0.15) is 0 Å². The quantitative estimate of drug-likeness (QED) is 0.803. The molecule has 0 amide bonds. The van der Waals surface area contributed by atoms with E-state index in [0.717, 1.165) is 6.07 Å². The summed E-state index contributed by atoms with van der Waals surface area (Å²) in [6.07, 6.45) is 0. The topological polar surface area (TPSA) is 32.3 Å². The predicted octanol–water partition coefficient (Wildman–Crippen LogP) is 1.83. The van der Waals surface area contributed by atoms with E-state index in [9.17, 15) is 13.9 Å². The van der Waals surface area contributed by atoms with Crippen LogP contribution >= 0.6 is 0 Å². The van der Waals surface area contributed by atoms with Crippen molar-refractivity contribution in [2.45, 2.75) is 26.0 Å². The Morgan fingerprint density at radius 2 is 1.73 bits per heavy atom. The zero-order valence-corrected chi connectivity index (χ0v) is 8.85. The van der Waals surface area contributed by atoms with Crippen molar-refractivity contribution in [3.05, 3.63) is 35.4 Å². The van der Waals surface area contributed by atoms with Crippen LogP contribution in [-0.2, 0) is 6.54 Å². The number of hydrogen-bond donors (Lipinski definition) is 2. The van der Waals surface area contributed by atoms with Crippen molar-refractivity contribution in [2.75, 3.05) is 6.54 Å². The molecule has 0 aliphatic rings. The summed E-state index contributed by atoms with van der Waals surface area (Å²) in [5.74, 6) is -1.18. The Morgan fingerprint density at radius 1 is 1.20 bits per heavy atom. The van der Waals surface area contributed by atoms with Crippen molar-refractivity contribution in [1.82, 2.24) is 5.32 Å². The normalized spacial score (nSPS) is 11.8. The maximum absolute atomic E-state index is 12.8. The van der Waals surface area contributed by atoms with Crippen molar-refractivity contribution in [3.63, 3.8) is 0 Å². The van der Waals surface area contributed by atoms with Crippen LogP contribution in [0.1, 0.15) is 19.4 Å². The van der Waals surface area contributed by atoms with E-state index in [-0.39, 0.29) is 0 Å². The molecule has 0 fully saturated rings. The first-order valence-corrected chi connectivity index (χ1v) is 4.75. The SMILES string of the molecule is CC(C)(O)CNCc1cc(F)cc(F)c1. The summed E-state index contributed by atoms with van der Waals surface area (Å²) in [5, 5.41) is 12.3. The van der Waals surface area contributed by atoms with Gasteiger partial charge in [0.2, 0.25) is 0 Å². The third kappa shape index (κ3) is 4.85. The van der Waals surface area contributed by atoms with Gasteiger partial charge >= 0.3 is 0 Å². The molecule has 0 unspecified atom stereocenters. The third-order valence-electron chi connectivity index (χ3n) is 1.81. The Kier molecular flexibility index (Phi) is 3.77. The second-order valence-electron chi connectivity index (χ2n) is 4.19. The molecule has 2 N–H and O–H groups in total. The summed E-state index contributed by atoms with van der Waals surface area (Å²) in [4.78, 5) is 0. The highest BCUT2D eigenvalue weighted by Crippen LogP contribution is 2.08. The van der Waals surface area contributed by atoms with Gasteiger partial charge in [-0.25, -0.2) is 8.78 Å². The molecule has 15 heavy (non-hydrogen) atoms. The van der Waals surface area contributed by atoms with Crippen LogP contribution in [-0.4, -0.2) is 17.3 Å². The minimum atomic E-state index is -0.828. The lowest BCUT2D eigenvalue weighted by atomic mass is 10.1. The Labute approximate surface area is 87.9 Å². The van der Waals surface area contributed by atoms with Gasteiger partial charge in [-0.15, -0.1) is 0 Å². The fourth-order valence-electron chi connectivity index (χ4n) is 1.23. The molecule has 0 bridgehead atoms. The van der Waals surface area contributed by atoms with Gasteiger partial charge in [0.25, 0.3) is 0 Å². The molecule has 1 rings (SSSR count). The monoisotopic (exact) mass is 215 g/mol. The zero-order chi connectivity index (χ0) is 11.5. The third-order valence-corrected chi connectivity index (χ3v) is 1.81. The summed E-state index contributed by atoms with van der Waals surface area (Å²) in [7, 11) is 0. The molecular weight excluding hydrogens is 200 g/mol. The molecule has 2 nitrogen and oxygen atoms in total. The second kappa shape index (κ2) is 4.68. The maximum Gasteiger partial charge on any atom is 0.126 e. The summed E-state index contributed by atoms with van der Waals surface area (Å²) in [5.41, 5.74) is -0.303. The molecule has 0 aliphatic heterocycles. The number of aliphatic hydroxyl groups is 1. The van der Waals surface area contributed by atoms with Gasteiger partial charge < -0.3 is 10.4 Å². The summed E-state index contributed by atoms with van der Waals surface area (Å²) < 4.78 is 25.5. The van der Waals surface area contributed by atoms with Crippen LogP contribution in [0.5, 0.6) is 0 Å². The van der Waals surface area contributed by atoms with Crippen LogP contribution in [0.3, 0.4) is 0 Å². The van der Waals surface area contributed by atoms with Gasteiger partial charge in [-0.05, 0) is 31.5 Å². The van der Waals surface area contributed by atoms with Crippen LogP contribution in [0.25, 0.3) is 0 Å². The van der Waals surface area contributed by atoms with Crippen LogP contribution in [0.2, 0.25) is 0 Å². The summed E-state index contributed by atoms with van der Waals surface area (Å²) >= 11 is 0. The number of halogens is 2. The standard InChI is InChI=1S/C11H15F2NO/c1-11(2,15)7-14-6-8-3-9(12)5-10(13)4-8/h3-5,14-15H,6-7H2,1-2H3. The van der Waals surface area contributed by atoms with Crippen molar-refractivity contribution < 1.29 is 13.9 Å². The Morgan fingerprint density at radius 3 is 2.20 bits per heavy atom.